The van der Waals surface area contributed by atoms with Crippen LogP contribution in [-0.4, -0.2) is 42.1 Å². The van der Waals surface area contributed by atoms with Crippen molar-refractivity contribution in [2.45, 2.75) is 44.8 Å². The highest BCUT2D eigenvalue weighted by Gasteiger charge is 2.41. The van der Waals surface area contributed by atoms with Crippen molar-refractivity contribution in [3.63, 3.8) is 0 Å². The number of alkyl halides is 3. The maximum absolute atomic E-state index is 12.8. The summed E-state index contributed by atoms with van der Waals surface area (Å²) in [7, 11) is 0. The topological polar surface area (TPSA) is 33.1 Å². The van der Waals surface area contributed by atoms with Crippen LogP contribution in [0.5, 0.6) is 0 Å². The number of hydrogen-bond acceptors (Lipinski definition) is 3. The Balaban J connectivity index is 1.67. The molecule has 0 spiro atoms. The summed E-state index contributed by atoms with van der Waals surface area (Å²) in [6.07, 6.45) is -2.48. The third-order valence-electron chi connectivity index (χ3n) is 4.86. The Hall–Kier alpha value is -1.24. The number of aromatic nitrogens is 2. The van der Waals surface area contributed by atoms with Crippen LogP contribution in [0.2, 0.25) is 0 Å². The molecule has 2 aliphatic rings. The Morgan fingerprint density at radius 3 is 2.36 bits per heavy atom. The van der Waals surface area contributed by atoms with E-state index in [2.05, 4.69) is 21.4 Å². The standard InChI is InChI=1S/C15H23F3N4/c1-11-10-14(21-8-6-19-7-9-21)20-22(11)13-4-2-12(3-5-13)15(16,17)18/h10,12-13,19H,2-9H2,1H3. The van der Waals surface area contributed by atoms with Gasteiger partial charge >= 0.3 is 6.18 Å². The van der Waals surface area contributed by atoms with Crippen LogP contribution in [0.1, 0.15) is 37.4 Å². The molecule has 1 saturated heterocycles. The van der Waals surface area contributed by atoms with Crippen LogP contribution in [0.4, 0.5) is 19.0 Å². The third kappa shape index (κ3) is 3.24. The van der Waals surface area contributed by atoms with Crippen molar-refractivity contribution in [2.24, 2.45) is 5.92 Å². The number of piperazine rings is 1. The van der Waals surface area contributed by atoms with Gasteiger partial charge < -0.3 is 10.2 Å². The van der Waals surface area contributed by atoms with Crippen LogP contribution in [-0.2, 0) is 0 Å². The van der Waals surface area contributed by atoms with Crippen LogP contribution < -0.4 is 10.2 Å². The molecule has 1 N–H and O–H groups in total. The van der Waals surface area contributed by atoms with E-state index in [1.165, 1.54) is 0 Å². The van der Waals surface area contributed by atoms with Crippen molar-refractivity contribution < 1.29 is 13.2 Å². The summed E-state index contributed by atoms with van der Waals surface area (Å²) in [4.78, 5) is 2.24. The molecule has 124 valence electrons. The zero-order chi connectivity index (χ0) is 15.7. The van der Waals surface area contributed by atoms with E-state index in [0.717, 1.165) is 37.7 Å². The lowest BCUT2D eigenvalue weighted by molar-refractivity contribution is -0.183. The molecule has 7 heteroatoms. The van der Waals surface area contributed by atoms with Gasteiger partial charge in [-0.1, -0.05) is 0 Å². The first kappa shape index (κ1) is 15.6. The van der Waals surface area contributed by atoms with Crippen molar-refractivity contribution in [3.8, 4) is 0 Å². The molecule has 0 radical (unpaired) electrons. The molecule has 22 heavy (non-hydrogen) atoms. The fourth-order valence-electron chi connectivity index (χ4n) is 3.54. The highest BCUT2D eigenvalue weighted by Crippen LogP contribution is 2.41. The van der Waals surface area contributed by atoms with Gasteiger partial charge in [0.1, 0.15) is 0 Å². The van der Waals surface area contributed by atoms with Crippen LogP contribution in [0.3, 0.4) is 0 Å². The number of halogens is 3. The second-order valence-corrected chi connectivity index (χ2v) is 6.37. The van der Waals surface area contributed by atoms with Gasteiger partial charge in [-0.2, -0.15) is 18.3 Å². The molecule has 0 unspecified atom stereocenters. The molecule has 2 fully saturated rings. The summed E-state index contributed by atoms with van der Waals surface area (Å²) in [6, 6.07) is 2.16. The van der Waals surface area contributed by atoms with Gasteiger partial charge in [0.05, 0.1) is 12.0 Å². The summed E-state index contributed by atoms with van der Waals surface area (Å²) in [5.41, 5.74) is 1.05. The van der Waals surface area contributed by atoms with E-state index in [1.807, 2.05) is 11.6 Å². The molecular formula is C15H23F3N4. The maximum atomic E-state index is 12.8. The van der Waals surface area contributed by atoms with E-state index < -0.39 is 12.1 Å². The second-order valence-electron chi connectivity index (χ2n) is 6.37. The second kappa shape index (κ2) is 6.10. The van der Waals surface area contributed by atoms with Gasteiger partial charge in [-0.25, -0.2) is 0 Å². The molecular weight excluding hydrogens is 293 g/mol. The third-order valence-corrected chi connectivity index (χ3v) is 4.86. The van der Waals surface area contributed by atoms with E-state index in [-0.39, 0.29) is 18.9 Å². The van der Waals surface area contributed by atoms with E-state index in [0.29, 0.717) is 12.8 Å². The monoisotopic (exact) mass is 316 g/mol. The van der Waals surface area contributed by atoms with Crippen molar-refractivity contribution in [1.82, 2.24) is 15.1 Å². The zero-order valence-electron chi connectivity index (χ0n) is 12.9. The maximum Gasteiger partial charge on any atom is 0.391 e. The van der Waals surface area contributed by atoms with Crippen molar-refractivity contribution >= 4 is 5.82 Å². The van der Waals surface area contributed by atoms with Crippen LogP contribution >= 0.6 is 0 Å². The highest BCUT2D eigenvalue weighted by molar-refractivity contribution is 5.40. The molecule has 0 aromatic carbocycles. The fraction of sp³-hybridized carbons (Fsp3) is 0.800. The predicted octanol–water partition coefficient (Wildman–Crippen LogP) is 2.89. The Kier molecular flexibility index (Phi) is 4.34. The normalized spacial score (nSPS) is 27.2. The van der Waals surface area contributed by atoms with Gasteiger partial charge in [0.25, 0.3) is 0 Å². The fourth-order valence-corrected chi connectivity index (χ4v) is 3.54. The van der Waals surface area contributed by atoms with Gasteiger partial charge in [-0.05, 0) is 32.6 Å². The van der Waals surface area contributed by atoms with Crippen molar-refractivity contribution in [3.05, 3.63) is 11.8 Å². The Bertz CT molecular complexity index is 497. The molecule has 1 aromatic heterocycles. The van der Waals surface area contributed by atoms with Crippen LogP contribution in [0.25, 0.3) is 0 Å². The lowest BCUT2D eigenvalue weighted by Gasteiger charge is -2.31. The Labute approximate surface area is 128 Å². The molecule has 1 aromatic rings. The van der Waals surface area contributed by atoms with E-state index in [4.69, 9.17) is 0 Å². The summed E-state index contributed by atoms with van der Waals surface area (Å²) in [5, 5.41) is 7.98. The van der Waals surface area contributed by atoms with Crippen LogP contribution in [0.15, 0.2) is 6.07 Å². The Morgan fingerprint density at radius 1 is 1.14 bits per heavy atom. The molecule has 0 bridgehead atoms. The molecule has 1 aliphatic heterocycles. The molecule has 0 atom stereocenters. The summed E-state index contributed by atoms with van der Waals surface area (Å²) < 4.78 is 40.2. The first-order valence-corrected chi connectivity index (χ1v) is 8.03. The van der Waals surface area contributed by atoms with Gasteiger partial charge in [0, 0.05) is 37.9 Å². The molecule has 0 amide bonds. The SMILES string of the molecule is Cc1cc(N2CCNCC2)nn1C1CCC(C(F)(F)F)CC1. The predicted molar refractivity (Wildman–Crippen MR) is 79.1 cm³/mol. The lowest BCUT2D eigenvalue weighted by Crippen LogP contribution is -2.43. The van der Waals surface area contributed by atoms with Crippen molar-refractivity contribution in [2.75, 3.05) is 31.1 Å². The minimum atomic E-state index is -4.05. The van der Waals surface area contributed by atoms with E-state index in [1.54, 1.807) is 0 Å². The lowest BCUT2D eigenvalue weighted by atomic mass is 9.85. The largest absolute Gasteiger partial charge is 0.391 e. The van der Waals surface area contributed by atoms with Gasteiger partial charge in [0.2, 0.25) is 0 Å². The van der Waals surface area contributed by atoms with Crippen LogP contribution in [0, 0.1) is 12.8 Å². The smallest absolute Gasteiger partial charge is 0.353 e. The minimum Gasteiger partial charge on any atom is -0.353 e. The number of aryl methyl sites for hydroxylation is 1. The molecule has 4 nitrogen and oxygen atoms in total. The number of nitrogens with zero attached hydrogens (tertiary/aromatic N) is 3. The zero-order valence-corrected chi connectivity index (χ0v) is 12.9. The summed E-state index contributed by atoms with van der Waals surface area (Å²) in [5.74, 6) is -0.177. The first-order chi connectivity index (χ1) is 10.4. The summed E-state index contributed by atoms with van der Waals surface area (Å²) in [6.45, 7) is 5.74. The van der Waals surface area contributed by atoms with Gasteiger partial charge in [0.15, 0.2) is 5.82 Å². The first-order valence-electron chi connectivity index (χ1n) is 8.03. The van der Waals surface area contributed by atoms with Crippen molar-refractivity contribution in [1.29, 1.82) is 0 Å². The molecule has 2 heterocycles. The molecule has 1 saturated carbocycles. The Morgan fingerprint density at radius 2 is 1.77 bits per heavy atom. The minimum absolute atomic E-state index is 0.107. The van der Waals surface area contributed by atoms with E-state index in [9.17, 15) is 13.2 Å². The number of rotatable bonds is 2. The highest BCUT2D eigenvalue weighted by atomic mass is 19.4. The number of anilines is 1. The average Bonchev–Trinajstić information content (AvgIpc) is 2.89. The van der Waals surface area contributed by atoms with Gasteiger partial charge in [-0.15, -0.1) is 0 Å². The van der Waals surface area contributed by atoms with E-state index >= 15 is 0 Å². The molecule has 3 rings (SSSR count). The average molecular weight is 316 g/mol. The quantitative estimate of drug-likeness (QED) is 0.911. The number of hydrogen-bond donors (Lipinski definition) is 1. The summed E-state index contributed by atoms with van der Waals surface area (Å²) >= 11 is 0. The van der Waals surface area contributed by atoms with Gasteiger partial charge in [-0.3, -0.25) is 4.68 Å². The molecule has 1 aliphatic carbocycles. The number of nitrogens with one attached hydrogen (secondary N) is 1.